The summed E-state index contributed by atoms with van der Waals surface area (Å²) in [7, 11) is 0. The Balaban J connectivity index is 0.00000161. The van der Waals surface area contributed by atoms with E-state index in [0.29, 0.717) is 11.9 Å². The number of nitrogens with zero attached hydrogens (tertiary/aromatic N) is 1. The lowest BCUT2D eigenvalue weighted by atomic mass is 9.88. The fraction of sp³-hybridized carbons (Fsp3) is 0.588. The van der Waals surface area contributed by atoms with E-state index in [1.165, 1.54) is 11.1 Å². The lowest BCUT2D eigenvalue weighted by Gasteiger charge is -2.39. The molecule has 1 fully saturated rings. The highest BCUT2D eigenvalue weighted by atomic mass is 35.5. The summed E-state index contributed by atoms with van der Waals surface area (Å²) < 4.78 is 0. The van der Waals surface area contributed by atoms with E-state index >= 15 is 0 Å². The molecule has 1 amide bonds. The van der Waals surface area contributed by atoms with Gasteiger partial charge in [0.05, 0.1) is 6.04 Å². The fourth-order valence-electron chi connectivity index (χ4n) is 3.66. The van der Waals surface area contributed by atoms with E-state index in [1.807, 2.05) is 0 Å². The van der Waals surface area contributed by atoms with Gasteiger partial charge >= 0.3 is 0 Å². The van der Waals surface area contributed by atoms with Crippen LogP contribution in [0.15, 0.2) is 24.3 Å². The van der Waals surface area contributed by atoms with Crippen molar-refractivity contribution in [3.05, 3.63) is 35.4 Å². The Morgan fingerprint density at radius 1 is 1.29 bits per heavy atom. The highest BCUT2D eigenvalue weighted by Gasteiger charge is 2.33. The van der Waals surface area contributed by atoms with Crippen LogP contribution < -0.4 is 5.32 Å². The van der Waals surface area contributed by atoms with Crippen LogP contribution in [0, 0.1) is 5.92 Å². The maximum Gasteiger partial charge on any atom is 0.226 e. The zero-order valence-electron chi connectivity index (χ0n) is 12.8. The second-order valence-corrected chi connectivity index (χ2v) is 6.23. The first-order chi connectivity index (χ1) is 9.66. The third-order valence-corrected chi connectivity index (χ3v) is 4.85. The number of nitrogens with one attached hydrogen (secondary N) is 1. The van der Waals surface area contributed by atoms with Gasteiger partial charge in [-0.2, -0.15) is 0 Å². The lowest BCUT2D eigenvalue weighted by Crippen LogP contribution is -2.46. The van der Waals surface area contributed by atoms with Gasteiger partial charge in [0.15, 0.2) is 0 Å². The van der Waals surface area contributed by atoms with Gasteiger partial charge in [0.25, 0.3) is 0 Å². The van der Waals surface area contributed by atoms with E-state index in [1.54, 1.807) is 0 Å². The first kappa shape index (κ1) is 16.3. The Kier molecular flexibility index (Phi) is 5.28. The zero-order valence-corrected chi connectivity index (χ0v) is 13.7. The van der Waals surface area contributed by atoms with Gasteiger partial charge in [0.1, 0.15) is 0 Å². The number of rotatable bonds is 1. The molecule has 0 aliphatic carbocycles. The second-order valence-electron chi connectivity index (χ2n) is 6.23. The fourth-order valence-corrected chi connectivity index (χ4v) is 3.66. The Morgan fingerprint density at radius 3 is 2.81 bits per heavy atom. The molecular weight excluding hydrogens is 284 g/mol. The average molecular weight is 309 g/mol. The number of halogens is 1. The minimum atomic E-state index is 0. The van der Waals surface area contributed by atoms with Gasteiger partial charge in [0, 0.05) is 18.5 Å². The van der Waals surface area contributed by atoms with Gasteiger partial charge in [0.2, 0.25) is 5.91 Å². The second kappa shape index (κ2) is 6.80. The number of fused-ring (bicyclic) bond motifs is 1. The molecule has 0 spiro atoms. The molecule has 4 heteroatoms. The molecule has 0 bridgehead atoms. The molecule has 0 radical (unpaired) electrons. The van der Waals surface area contributed by atoms with Crippen molar-refractivity contribution in [2.75, 3.05) is 13.1 Å². The zero-order chi connectivity index (χ0) is 14.1. The predicted octanol–water partition coefficient (Wildman–Crippen LogP) is 2.94. The summed E-state index contributed by atoms with van der Waals surface area (Å²) in [6.45, 7) is 6.18. The molecule has 1 aromatic carbocycles. The van der Waals surface area contributed by atoms with Gasteiger partial charge < -0.3 is 10.2 Å². The van der Waals surface area contributed by atoms with E-state index < -0.39 is 0 Å². The van der Waals surface area contributed by atoms with E-state index in [-0.39, 0.29) is 24.4 Å². The highest BCUT2D eigenvalue weighted by molar-refractivity contribution is 5.85. The minimum absolute atomic E-state index is 0. The first-order valence-corrected chi connectivity index (χ1v) is 7.78. The Hall–Kier alpha value is -1.06. The molecule has 3 rings (SSSR count). The lowest BCUT2D eigenvalue weighted by molar-refractivity contribution is -0.139. The summed E-state index contributed by atoms with van der Waals surface area (Å²) in [4.78, 5) is 14.9. The van der Waals surface area contributed by atoms with Crippen molar-refractivity contribution in [2.45, 2.75) is 45.2 Å². The summed E-state index contributed by atoms with van der Waals surface area (Å²) in [5.74, 6) is 0.569. The topological polar surface area (TPSA) is 32.3 Å². The van der Waals surface area contributed by atoms with Crippen molar-refractivity contribution in [3.63, 3.8) is 0 Å². The Bertz CT molecular complexity index is 505. The van der Waals surface area contributed by atoms with Gasteiger partial charge in [-0.25, -0.2) is 0 Å². The Labute approximate surface area is 133 Å². The predicted molar refractivity (Wildman–Crippen MR) is 87.7 cm³/mol. The molecule has 21 heavy (non-hydrogen) atoms. The summed E-state index contributed by atoms with van der Waals surface area (Å²) in [6.07, 6.45) is 2.95. The highest BCUT2D eigenvalue weighted by Crippen LogP contribution is 2.31. The van der Waals surface area contributed by atoms with Crippen LogP contribution in [0.1, 0.15) is 43.9 Å². The smallest absolute Gasteiger partial charge is 0.226 e. The largest absolute Gasteiger partial charge is 0.335 e. The summed E-state index contributed by atoms with van der Waals surface area (Å²) in [5, 5.41) is 3.43. The van der Waals surface area contributed by atoms with Crippen molar-refractivity contribution >= 4 is 18.3 Å². The molecule has 2 heterocycles. The molecule has 1 N–H and O–H groups in total. The number of benzene rings is 1. The number of hydrogen-bond acceptors (Lipinski definition) is 2. The standard InChI is InChI=1S/C17H24N2O.ClH/c1-12-11-15(7-9-18-12)17(20)19-10-8-14-5-3-4-6-16(14)13(19)2;/h3-6,12-13,15,18H,7-11H2,1-2H3;1H/t12-,13?,15-;/m0./s1. The van der Waals surface area contributed by atoms with Gasteiger partial charge in [-0.15, -0.1) is 12.4 Å². The van der Waals surface area contributed by atoms with E-state index in [4.69, 9.17) is 0 Å². The third-order valence-electron chi connectivity index (χ3n) is 4.85. The van der Waals surface area contributed by atoms with Crippen LogP contribution in [0.4, 0.5) is 0 Å². The number of carbonyl (C=O) groups excluding carboxylic acids is 1. The van der Waals surface area contributed by atoms with Crippen molar-refractivity contribution in [3.8, 4) is 0 Å². The minimum Gasteiger partial charge on any atom is -0.335 e. The average Bonchev–Trinajstić information content (AvgIpc) is 2.47. The van der Waals surface area contributed by atoms with Crippen molar-refractivity contribution in [1.29, 1.82) is 0 Å². The quantitative estimate of drug-likeness (QED) is 0.865. The SMILES string of the molecule is CC1c2ccccc2CCN1C(=O)[C@H]1CCN[C@@H](C)C1.Cl. The maximum absolute atomic E-state index is 12.8. The normalized spacial score (nSPS) is 28.5. The van der Waals surface area contributed by atoms with E-state index in [9.17, 15) is 4.79 Å². The number of carbonyl (C=O) groups is 1. The molecule has 0 saturated carbocycles. The molecule has 3 atom stereocenters. The molecule has 0 aromatic heterocycles. The summed E-state index contributed by atoms with van der Waals surface area (Å²) in [6, 6.07) is 9.22. The molecular formula is C17H25ClN2O. The van der Waals surface area contributed by atoms with Gasteiger partial charge in [-0.3, -0.25) is 4.79 Å². The molecule has 1 aromatic rings. The monoisotopic (exact) mass is 308 g/mol. The maximum atomic E-state index is 12.8. The van der Waals surface area contributed by atoms with E-state index in [0.717, 1.165) is 32.4 Å². The van der Waals surface area contributed by atoms with Gasteiger partial charge in [-0.1, -0.05) is 24.3 Å². The van der Waals surface area contributed by atoms with Crippen LogP contribution in [0.25, 0.3) is 0 Å². The molecule has 2 aliphatic heterocycles. The van der Waals surface area contributed by atoms with Crippen LogP contribution in [0.3, 0.4) is 0 Å². The molecule has 2 aliphatic rings. The van der Waals surface area contributed by atoms with Crippen molar-refractivity contribution < 1.29 is 4.79 Å². The van der Waals surface area contributed by atoms with Crippen LogP contribution in [0.2, 0.25) is 0 Å². The number of piperidine rings is 1. The Morgan fingerprint density at radius 2 is 2.05 bits per heavy atom. The van der Waals surface area contributed by atoms with Crippen molar-refractivity contribution in [1.82, 2.24) is 10.2 Å². The summed E-state index contributed by atoms with van der Waals surface area (Å²) >= 11 is 0. The van der Waals surface area contributed by atoms with Crippen LogP contribution in [-0.4, -0.2) is 29.9 Å². The summed E-state index contributed by atoms with van der Waals surface area (Å²) in [5.41, 5.74) is 2.73. The first-order valence-electron chi connectivity index (χ1n) is 7.78. The van der Waals surface area contributed by atoms with E-state index in [2.05, 4.69) is 48.3 Å². The number of hydrogen-bond donors (Lipinski definition) is 1. The van der Waals surface area contributed by atoms with Crippen LogP contribution >= 0.6 is 12.4 Å². The third kappa shape index (κ3) is 3.24. The van der Waals surface area contributed by atoms with Crippen LogP contribution in [-0.2, 0) is 11.2 Å². The number of amides is 1. The molecule has 1 saturated heterocycles. The molecule has 116 valence electrons. The molecule has 3 nitrogen and oxygen atoms in total. The van der Waals surface area contributed by atoms with Crippen molar-refractivity contribution in [2.24, 2.45) is 5.92 Å². The van der Waals surface area contributed by atoms with Gasteiger partial charge in [-0.05, 0) is 50.8 Å². The van der Waals surface area contributed by atoms with Crippen LogP contribution in [0.5, 0.6) is 0 Å². The molecule has 1 unspecified atom stereocenters.